The van der Waals surface area contributed by atoms with E-state index in [2.05, 4.69) is 40.6 Å². The van der Waals surface area contributed by atoms with Gasteiger partial charge >= 0.3 is 0 Å². The molecular formula is C26H30N8O3. The highest BCUT2D eigenvalue weighted by Crippen LogP contribution is 2.25. The zero-order valence-electron chi connectivity index (χ0n) is 20.9. The number of aliphatic hydroxyl groups is 1. The minimum absolute atomic E-state index is 0.0531. The maximum atomic E-state index is 12.5. The van der Waals surface area contributed by atoms with Gasteiger partial charge in [0.25, 0.3) is 5.91 Å². The third kappa shape index (κ3) is 7.69. The summed E-state index contributed by atoms with van der Waals surface area (Å²) in [4.78, 5) is 21.0. The monoisotopic (exact) mass is 502 g/mol. The lowest BCUT2D eigenvalue weighted by molar-refractivity contribution is 0.102. The minimum atomic E-state index is -0.349. The molecule has 0 unspecified atom stereocenters. The number of aliphatic hydroxyl groups excluding tert-OH is 1. The molecule has 37 heavy (non-hydrogen) atoms. The Bertz CT molecular complexity index is 1350. The van der Waals surface area contributed by atoms with E-state index in [1.54, 1.807) is 68.7 Å². The lowest BCUT2D eigenvalue weighted by atomic mass is 10.2. The molecule has 192 valence electrons. The molecule has 5 rings (SSSR count). The number of rotatable bonds is 6. The van der Waals surface area contributed by atoms with Crippen LogP contribution in [0.4, 0.5) is 11.5 Å². The first kappa shape index (κ1) is 27.0. The zero-order valence-corrected chi connectivity index (χ0v) is 20.9. The molecule has 1 amide bonds. The molecule has 4 N–H and O–H groups in total. The van der Waals surface area contributed by atoms with Gasteiger partial charge in [0.2, 0.25) is 0 Å². The first-order valence-electron chi connectivity index (χ1n) is 11.4. The van der Waals surface area contributed by atoms with Gasteiger partial charge in [-0.1, -0.05) is 30.3 Å². The van der Waals surface area contributed by atoms with Crippen molar-refractivity contribution in [2.24, 2.45) is 0 Å². The van der Waals surface area contributed by atoms with Crippen LogP contribution in [0.3, 0.4) is 0 Å². The van der Waals surface area contributed by atoms with E-state index in [9.17, 15) is 4.79 Å². The van der Waals surface area contributed by atoms with Crippen LogP contribution in [0, 0.1) is 0 Å². The Morgan fingerprint density at radius 1 is 1.08 bits per heavy atom. The van der Waals surface area contributed by atoms with Crippen molar-refractivity contribution in [1.29, 1.82) is 0 Å². The fourth-order valence-electron chi connectivity index (χ4n) is 3.19. The number of benzene rings is 1. The van der Waals surface area contributed by atoms with Crippen LogP contribution in [0.1, 0.15) is 10.5 Å². The zero-order chi connectivity index (χ0) is 26.5. The third-order valence-electron chi connectivity index (χ3n) is 4.83. The molecule has 4 aromatic heterocycles. The smallest absolute Gasteiger partial charge is 0.274 e. The number of H-pyrrole nitrogens is 1. The Labute approximate surface area is 214 Å². The fourth-order valence-corrected chi connectivity index (χ4v) is 3.19. The van der Waals surface area contributed by atoms with Crippen LogP contribution in [-0.2, 0) is 11.3 Å². The molecule has 0 saturated carbocycles. The Hall–Kier alpha value is -4.61. The molecule has 0 saturated heterocycles. The molecule has 0 fully saturated rings. The molecule has 5 aromatic rings. The second-order valence-electron chi connectivity index (χ2n) is 7.57. The van der Waals surface area contributed by atoms with E-state index in [1.807, 2.05) is 36.5 Å². The number of carbonyl (C=O) groups excluding carboxylic acids is 1. The standard InChI is InChI=1S/C17H18N6O2.C7H6N2.C2H6O/c1-18-15-7-4-6-13(20-15)17(25)21-14-11-23(9-10-24)22-16(14)12-5-2-3-8-19-12;1-2-4-7-6(3-1)5-8-9-7;1-3-2/h2-8,11,24H,9-10H2,1H3,(H,18,20)(H,21,25);1-5H,(H,8,9);1-2H3. The molecule has 0 atom stereocenters. The van der Waals surface area contributed by atoms with Crippen LogP contribution in [0.15, 0.2) is 79.3 Å². The van der Waals surface area contributed by atoms with E-state index in [-0.39, 0.29) is 18.2 Å². The molecule has 0 bridgehead atoms. The number of aromatic amines is 1. The topological polar surface area (TPSA) is 143 Å². The van der Waals surface area contributed by atoms with E-state index < -0.39 is 0 Å². The summed E-state index contributed by atoms with van der Waals surface area (Å²) in [6.07, 6.45) is 5.14. The van der Waals surface area contributed by atoms with Crippen LogP contribution in [0.2, 0.25) is 0 Å². The average Bonchev–Trinajstić information content (AvgIpc) is 3.57. The third-order valence-corrected chi connectivity index (χ3v) is 4.83. The number of methoxy groups -OCH3 is 1. The number of nitrogens with one attached hydrogen (secondary N) is 3. The number of nitrogens with zero attached hydrogens (tertiary/aromatic N) is 5. The number of carbonyl (C=O) groups is 1. The van der Waals surface area contributed by atoms with Crippen molar-refractivity contribution in [3.05, 3.63) is 84.9 Å². The summed E-state index contributed by atoms with van der Waals surface area (Å²) in [7, 11) is 4.99. The second-order valence-corrected chi connectivity index (χ2v) is 7.57. The maximum absolute atomic E-state index is 12.5. The van der Waals surface area contributed by atoms with Gasteiger partial charge in [-0.25, -0.2) is 4.98 Å². The summed E-state index contributed by atoms with van der Waals surface area (Å²) >= 11 is 0. The van der Waals surface area contributed by atoms with Gasteiger partial charge in [0.15, 0.2) is 0 Å². The predicted octanol–water partition coefficient (Wildman–Crippen LogP) is 3.45. The van der Waals surface area contributed by atoms with Crippen molar-refractivity contribution in [3.8, 4) is 11.4 Å². The number of aromatic nitrogens is 6. The molecule has 0 aliphatic carbocycles. The van der Waals surface area contributed by atoms with Gasteiger partial charge in [0, 0.05) is 39.0 Å². The second kappa shape index (κ2) is 14.1. The average molecular weight is 503 g/mol. The molecule has 11 nitrogen and oxygen atoms in total. The predicted molar refractivity (Wildman–Crippen MR) is 143 cm³/mol. The van der Waals surface area contributed by atoms with E-state index in [0.717, 1.165) is 10.9 Å². The molecule has 1 aromatic carbocycles. The van der Waals surface area contributed by atoms with Gasteiger partial charge in [-0.15, -0.1) is 0 Å². The number of anilines is 2. The molecule has 11 heteroatoms. The minimum Gasteiger partial charge on any atom is -0.394 e. The number of hydrogen-bond acceptors (Lipinski definition) is 8. The maximum Gasteiger partial charge on any atom is 0.274 e. The van der Waals surface area contributed by atoms with Crippen LogP contribution in [0.25, 0.3) is 22.3 Å². The number of amides is 1. The summed E-state index contributed by atoms with van der Waals surface area (Å²) in [5.41, 5.74) is 3.05. The van der Waals surface area contributed by atoms with E-state index in [1.165, 1.54) is 0 Å². The van der Waals surface area contributed by atoms with E-state index in [4.69, 9.17) is 5.11 Å². The van der Waals surface area contributed by atoms with Gasteiger partial charge in [-0.05, 0) is 30.3 Å². The Morgan fingerprint density at radius 3 is 2.57 bits per heavy atom. The molecule has 0 aliphatic rings. The number of hydrogen-bond donors (Lipinski definition) is 4. The van der Waals surface area contributed by atoms with E-state index >= 15 is 0 Å². The van der Waals surface area contributed by atoms with Gasteiger partial charge in [0.1, 0.15) is 17.2 Å². The molecule has 0 aliphatic heterocycles. The quantitative estimate of drug-likeness (QED) is 0.276. The molecular weight excluding hydrogens is 472 g/mol. The Balaban J connectivity index is 0.000000260. The lowest BCUT2D eigenvalue weighted by Gasteiger charge is -2.06. The van der Waals surface area contributed by atoms with Crippen molar-refractivity contribution in [2.45, 2.75) is 6.54 Å². The summed E-state index contributed by atoms with van der Waals surface area (Å²) in [5, 5.41) is 27.2. The van der Waals surface area contributed by atoms with Gasteiger partial charge < -0.3 is 20.5 Å². The highest BCUT2D eigenvalue weighted by molar-refractivity contribution is 6.04. The number of pyridine rings is 2. The Morgan fingerprint density at radius 2 is 1.86 bits per heavy atom. The molecule has 0 radical (unpaired) electrons. The highest BCUT2D eigenvalue weighted by Gasteiger charge is 2.16. The van der Waals surface area contributed by atoms with Crippen LogP contribution >= 0.6 is 0 Å². The van der Waals surface area contributed by atoms with Crippen LogP contribution < -0.4 is 10.6 Å². The first-order valence-corrected chi connectivity index (χ1v) is 11.4. The van der Waals surface area contributed by atoms with Crippen molar-refractivity contribution in [3.63, 3.8) is 0 Å². The van der Waals surface area contributed by atoms with Crippen LogP contribution in [0.5, 0.6) is 0 Å². The first-order chi connectivity index (χ1) is 18.1. The summed E-state index contributed by atoms with van der Waals surface area (Å²) in [6, 6.07) is 18.6. The van der Waals surface area contributed by atoms with Crippen molar-refractivity contribution in [1.82, 2.24) is 29.9 Å². The van der Waals surface area contributed by atoms with Crippen molar-refractivity contribution < 1.29 is 14.6 Å². The summed E-state index contributed by atoms with van der Waals surface area (Å²) in [6.45, 7) is 0.270. The van der Waals surface area contributed by atoms with Crippen molar-refractivity contribution >= 4 is 28.3 Å². The van der Waals surface area contributed by atoms with Crippen LogP contribution in [-0.4, -0.2) is 68.8 Å². The molecule has 4 heterocycles. The highest BCUT2D eigenvalue weighted by atomic mass is 16.4. The number of ether oxygens (including phenoxy) is 1. The van der Waals surface area contributed by atoms with Gasteiger partial charge in [-0.3, -0.25) is 19.6 Å². The SMILES string of the molecule is CNc1cccc(C(=O)Nc2cn(CCO)nc2-c2ccccn2)n1.COC.c1ccc2[nH]ncc2c1. The summed E-state index contributed by atoms with van der Waals surface area (Å²) < 4.78 is 5.82. The van der Waals surface area contributed by atoms with Gasteiger partial charge in [-0.2, -0.15) is 10.2 Å². The Kier molecular flexibility index (Phi) is 10.3. The van der Waals surface area contributed by atoms with E-state index in [0.29, 0.717) is 29.4 Å². The molecule has 0 spiro atoms. The summed E-state index contributed by atoms with van der Waals surface area (Å²) in [5.74, 6) is 0.256. The van der Waals surface area contributed by atoms with Gasteiger partial charge in [0.05, 0.1) is 36.2 Å². The number of fused-ring (bicyclic) bond motifs is 1. The normalized spacial score (nSPS) is 10.1. The van der Waals surface area contributed by atoms with Crippen molar-refractivity contribution in [2.75, 3.05) is 38.5 Å². The largest absolute Gasteiger partial charge is 0.394 e. The lowest BCUT2D eigenvalue weighted by Crippen LogP contribution is -2.14. The fraction of sp³-hybridized carbons (Fsp3) is 0.192. The number of para-hydroxylation sites is 1.